The standard InChI is InChI=1S/C20H15ClN4O.2C20H14F2N4O.C19H13F2N5O/c1-13-19(17-8-4-5-11-25(17)24-13)14-9-10-18(22-12-14)23-20(26)15-6-2-3-7-16(15)21;2*1-12-18(16-7-2-3-10-26(16)25-12)13-8-9-17(23-11-13)24-20(27)19-14(21)5-4-6-15(19)22;1-11-17(15-7-2-3-8-26(15)25-11)14-9-23-16(10-22-14)24-19(27)18-12(20)5-4-6-13(18)21/h2-12H,1H3,(H,22,23,26);2*2-11H,1H3,(H,23,24,27);2-10H,1H3,(H,23,24,27). The first kappa shape index (κ1) is 71.3. The minimum atomic E-state index is -0.945. The average Bonchev–Trinajstić information content (AvgIpc) is 1.67. The van der Waals surface area contributed by atoms with Gasteiger partial charge in [-0.2, -0.15) is 20.4 Å². The predicted molar refractivity (Wildman–Crippen MR) is 393 cm³/mol. The van der Waals surface area contributed by atoms with Crippen LogP contribution in [0.1, 0.15) is 64.2 Å². The first-order valence-corrected chi connectivity index (χ1v) is 32.9. The molecule has 4 N–H and O–H groups in total. The van der Waals surface area contributed by atoms with Gasteiger partial charge in [0.05, 0.1) is 79.1 Å². The minimum Gasteiger partial charge on any atom is -0.307 e. The summed E-state index contributed by atoms with van der Waals surface area (Å²) in [5.41, 5.74) is 12.5. The molecule has 4 aromatic carbocycles. The molecule has 107 heavy (non-hydrogen) atoms. The molecule has 4 amide bonds. The third-order valence-corrected chi connectivity index (χ3v) is 16.9. The molecule has 0 radical (unpaired) electrons. The number of anilines is 4. The van der Waals surface area contributed by atoms with Gasteiger partial charge in [-0.05, 0) is 161 Å². The van der Waals surface area contributed by atoms with Crippen molar-refractivity contribution in [3.8, 4) is 44.6 Å². The van der Waals surface area contributed by atoms with Gasteiger partial charge >= 0.3 is 0 Å². The van der Waals surface area contributed by atoms with E-state index >= 15 is 0 Å². The Morgan fingerprint density at radius 1 is 0.308 bits per heavy atom. The number of amides is 4. The molecule has 21 nitrogen and oxygen atoms in total. The summed E-state index contributed by atoms with van der Waals surface area (Å²) in [6, 6.07) is 50.2. The number of hydrogen-bond acceptors (Lipinski definition) is 13. The highest BCUT2D eigenvalue weighted by Gasteiger charge is 2.23. The normalized spacial score (nSPS) is 10.9. The van der Waals surface area contributed by atoms with Crippen LogP contribution in [0, 0.1) is 62.6 Å². The van der Waals surface area contributed by atoms with E-state index < -0.39 is 69.3 Å². The highest BCUT2D eigenvalue weighted by atomic mass is 35.5. The van der Waals surface area contributed by atoms with Crippen LogP contribution < -0.4 is 21.3 Å². The zero-order chi connectivity index (χ0) is 75.0. The van der Waals surface area contributed by atoms with Crippen molar-refractivity contribution in [1.82, 2.24) is 63.4 Å². The Labute approximate surface area is 608 Å². The molecular weight excluding hydrogens is 1400 g/mol. The van der Waals surface area contributed by atoms with Gasteiger partial charge in [0, 0.05) is 76.8 Å². The van der Waals surface area contributed by atoms with E-state index in [2.05, 4.69) is 66.6 Å². The Bertz CT molecular complexity index is 5530. The zero-order valence-corrected chi connectivity index (χ0v) is 57.4. The second-order valence-corrected chi connectivity index (χ2v) is 24.0. The second-order valence-electron chi connectivity index (χ2n) is 23.6. The lowest BCUT2D eigenvalue weighted by Crippen LogP contribution is -2.16. The Hall–Kier alpha value is -14.1. The fraction of sp³-hybridized carbons (Fsp3) is 0.0506. The van der Waals surface area contributed by atoms with Crippen LogP contribution >= 0.6 is 11.6 Å². The third kappa shape index (κ3) is 15.5. The number of pyridine rings is 7. The molecule has 12 aromatic heterocycles. The van der Waals surface area contributed by atoms with Crippen LogP contribution in [0.3, 0.4) is 0 Å². The molecule has 16 aromatic rings. The molecule has 0 aliphatic carbocycles. The Balaban J connectivity index is 0.000000126. The molecule has 0 unspecified atom stereocenters. The number of hydrogen-bond donors (Lipinski definition) is 4. The van der Waals surface area contributed by atoms with Gasteiger partial charge in [0.2, 0.25) is 0 Å². The minimum absolute atomic E-state index is 0.0838. The number of carbonyl (C=O) groups excluding carboxylic acids is 4. The molecule has 0 bridgehead atoms. The van der Waals surface area contributed by atoms with Crippen molar-refractivity contribution in [3.05, 3.63) is 329 Å². The van der Waals surface area contributed by atoms with Crippen LogP contribution in [0.2, 0.25) is 5.02 Å². The molecule has 16 rings (SSSR count). The topological polar surface area (TPSA) is 250 Å². The van der Waals surface area contributed by atoms with E-state index in [4.69, 9.17) is 11.6 Å². The predicted octanol–water partition coefficient (Wildman–Crippen LogP) is 16.7. The lowest BCUT2D eigenvalue weighted by molar-refractivity contribution is 0.101. The molecule has 12 heterocycles. The smallest absolute Gasteiger partial charge is 0.262 e. The molecule has 0 saturated carbocycles. The molecule has 0 aliphatic rings. The SMILES string of the molecule is Cc1nn2ccccc2c1-c1ccc(NC(=O)c2c(F)cccc2F)nc1.Cc1nn2ccccc2c1-c1ccc(NC(=O)c2c(F)cccc2F)nc1.Cc1nn2ccccc2c1-c1ccc(NC(=O)c2ccccc2Cl)nc1.Cc1nn2ccccc2c1-c1cnc(NC(=O)c2c(F)cccc2F)cn1. The van der Waals surface area contributed by atoms with E-state index in [9.17, 15) is 45.5 Å². The van der Waals surface area contributed by atoms with Crippen LogP contribution in [0.25, 0.3) is 66.7 Å². The van der Waals surface area contributed by atoms with Crippen molar-refractivity contribution in [3.63, 3.8) is 0 Å². The van der Waals surface area contributed by atoms with Gasteiger partial charge in [-0.1, -0.05) is 66.2 Å². The summed E-state index contributed by atoms with van der Waals surface area (Å²) in [6.07, 6.45) is 15.2. The van der Waals surface area contributed by atoms with Gasteiger partial charge in [0.15, 0.2) is 5.82 Å². The number of fused-ring (bicyclic) bond motifs is 4. The number of nitrogens with one attached hydrogen (secondary N) is 4. The summed E-state index contributed by atoms with van der Waals surface area (Å²) >= 11 is 6.06. The van der Waals surface area contributed by atoms with Crippen LogP contribution in [0.5, 0.6) is 0 Å². The van der Waals surface area contributed by atoms with Gasteiger partial charge in [-0.15, -0.1) is 0 Å². The van der Waals surface area contributed by atoms with Crippen molar-refractivity contribution in [2.24, 2.45) is 0 Å². The van der Waals surface area contributed by atoms with Crippen LogP contribution in [-0.2, 0) is 0 Å². The molecule has 530 valence electrons. The quantitative estimate of drug-likeness (QED) is 0.0832. The average molecular weight is 1460 g/mol. The summed E-state index contributed by atoms with van der Waals surface area (Å²) in [6.45, 7) is 7.63. The maximum absolute atomic E-state index is 13.7. The fourth-order valence-electron chi connectivity index (χ4n) is 11.7. The molecule has 0 atom stereocenters. The number of nitrogens with zero attached hydrogens (tertiary/aromatic N) is 13. The van der Waals surface area contributed by atoms with E-state index in [0.29, 0.717) is 22.1 Å². The largest absolute Gasteiger partial charge is 0.307 e. The number of benzene rings is 4. The summed E-state index contributed by atoms with van der Waals surface area (Å²) in [4.78, 5) is 70.0. The van der Waals surface area contributed by atoms with E-state index in [1.54, 1.807) is 86.7 Å². The van der Waals surface area contributed by atoms with Gasteiger partial charge < -0.3 is 21.3 Å². The summed E-state index contributed by atoms with van der Waals surface area (Å²) in [7, 11) is 0. The number of rotatable bonds is 12. The molecule has 0 saturated heterocycles. The number of aromatic nitrogens is 13. The second kappa shape index (κ2) is 31.3. The van der Waals surface area contributed by atoms with E-state index in [1.807, 2.05) is 136 Å². The van der Waals surface area contributed by atoms with Crippen molar-refractivity contribution in [1.29, 1.82) is 0 Å². The van der Waals surface area contributed by atoms with E-state index in [-0.39, 0.29) is 23.4 Å². The maximum Gasteiger partial charge on any atom is 0.262 e. The summed E-state index contributed by atoms with van der Waals surface area (Å²) in [5.74, 6) is -7.65. The fourth-order valence-corrected chi connectivity index (χ4v) is 12.0. The molecule has 28 heteroatoms. The van der Waals surface area contributed by atoms with Crippen molar-refractivity contribution in [2.45, 2.75) is 27.7 Å². The molecule has 0 spiro atoms. The first-order valence-electron chi connectivity index (χ1n) is 32.6. The Morgan fingerprint density at radius 2 is 0.607 bits per heavy atom. The van der Waals surface area contributed by atoms with Crippen molar-refractivity contribution in [2.75, 3.05) is 21.3 Å². The van der Waals surface area contributed by atoms with E-state index in [0.717, 1.165) is 120 Å². The molecular formula is C79H56ClF6N17O4. The van der Waals surface area contributed by atoms with Crippen LogP contribution in [0.4, 0.5) is 49.6 Å². The van der Waals surface area contributed by atoms with Gasteiger partial charge in [-0.3, -0.25) is 24.2 Å². The summed E-state index contributed by atoms with van der Waals surface area (Å²) in [5, 5.41) is 28.2. The van der Waals surface area contributed by atoms with Gasteiger partial charge in [-0.25, -0.2) is 64.3 Å². The molecule has 0 fully saturated rings. The molecule has 0 aliphatic heterocycles. The van der Waals surface area contributed by atoms with Gasteiger partial charge in [0.1, 0.15) is 69.0 Å². The highest BCUT2D eigenvalue weighted by molar-refractivity contribution is 6.34. The van der Waals surface area contributed by atoms with Crippen molar-refractivity contribution >= 4 is 80.6 Å². The number of halogens is 7. The van der Waals surface area contributed by atoms with Crippen LogP contribution in [-0.4, -0.2) is 87.0 Å². The third-order valence-electron chi connectivity index (χ3n) is 16.6. The Kier molecular flexibility index (Phi) is 20.8. The highest BCUT2D eigenvalue weighted by Crippen LogP contribution is 2.33. The number of aryl methyl sites for hydroxylation is 4. The monoisotopic (exact) mass is 1460 g/mol. The number of carbonyl (C=O) groups is 4. The van der Waals surface area contributed by atoms with Crippen LogP contribution in [0.15, 0.2) is 244 Å². The Morgan fingerprint density at radius 3 is 0.925 bits per heavy atom. The van der Waals surface area contributed by atoms with Gasteiger partial charge in [0.25, 0.3) is 23.6 Å². The maximum atomic E-state index is 13.7. The summed E-state index contributed by atoms with van der Waals surface area (Å²) < 4.78 is 89.4. The lowest BCUT2D eigenvalue weighted by atomic mass is 10.1. The van der Waals surface area contributed by atoms with Crippen molar-refractivity contribution < 1.29 is 45.5 Å². The lowest BCUT2D eigenvalue weighted by Gasteiger charge is -2.07. The van der Waals surface area contributed by atoms with E-state index in [1.165, 1.54) is 30.6 Å². The first-order chi connectivity index (χ1) is 51.8. The zero-order valence-electron chi connectivity index (χ0n) is 56.7.